The first-order chi connectivity index (χ1) is 8.09. The number of primary amides is 1. The van der Waals surface area contributed by atoms with E-state index in [0.717, 1.165) is 5.39 Å². The summed E-state index contributed by atoms with van der Waals surface area (Å²) in [4.78, 5) is 11.3. The van der Waals surface area contributed by atoms with Crippen LogP contribution in [0.2, 0.25) is 0 Å². The van der Waals surface area contributed by atoms with Gasteiger partial charge in [0.2, 0.25) is 5.91 Å². The summed E-state index contributed by atoms with van der Waals surface area (Å²) < 4.78 is 5.14. The SMILES string of the molecule is CC(C)C(Nc1noc2ccccc12)C(N)=O. The Kier molecular flexibility index (Phi) is 2.99. The number of para-hydroxylation sites is 1. The van der Waals surface area contributed by atoms with Crippen LogP contribution >= 0.6 is 0 Å². The number of aromatic nitrogens is 1. The van der Waals surface area contributed by atoms with Gasteiger partial charge in [0.05, 0.1) is 5.39 Å². The highest BCUT2D eigenvalue weighted by Gasteiger charge is 2.21. The summed E-state index contributed by atoms with van der Waals surface area (Å²) in [6.07, 6.45) is 0. The number of nitrogens with two attached hydrogens (primary N) is 1. The second-order valence-corrected chi connectivity index (χ2v) is 4.30. The average molecular weight is 233 g/mol. The molecule has 5 heteroatoms. The first-order valence-corrected chi connectivity index (χ1v) is 5.50. The zero-order valence-corrected chi connectivity index (χ0v) is 9.81. The Morgan fingerprint density at radius 3 is 2.76 bits per heavy atom. The van der Waals surface area contributed by atoms with Crippen molar-refractivity contribution in [2.45, 2.75) is 19.9 Å². The minimum Gasteiger partial charge on any atom is -0.368 e. The molecule has 1 unspecified atom stereocenters. The van der Waals surface area contributed by atoms with Crippen LogP contribution in [0.5, 0.6) is 0 Å². The van der Waals surface area contributed by atoms with Crippen molar-refractivity contribution in [3.05, 3.63) is 24.3 Å². The van der Waals surface area contributed by atoms with E-state index in [1.165, 1.54) is 0 Å². The second kappa shape index (κ2) is 4.45. The second-order valence-electron chi connectivity index (χ2n) is 4.30. The van der Waals surface area contributed by atoms with Crippen molar-refractivity contribution < 1.29 is 9.32 Å². The fraction of sp³-hybridized carbons (Fsp3) is 0.333. The number of fused-ring (bicyclic) bond motifs is 1. The number of benzene rings is 1. The van der Waals surface area contributed by atoms with Crippen molar-refractivity contribution in [3.63, 3.8) is 0 Å². The lowest BCUT2D eigenvalue weighted by molar-refractivity contribution is -0.119. The fourth-order valence-electron chi connectivity index (χ4n) is 1.70. The molecule has 3 N–H and O–H groups in total. The molecule has 0 aliphatic rings. The number of carbonyl (C=O) groups is 1. The lowest BCUT2D eigenvalue weighted by Gasteiger charge is -2.18. The van der Waals surface area contributed by atoms with Crippen LogP contribution in [0, 0.1) is 5.92 Å². The van der Waals surface area contributed by atoms with Crippen molar-refractivity contribution in [2.24, 2.45) is 11.7 Å². The average Bonchev–Trinajstić information content (AvgIpc) is 2.68. The van der Waals surface area contributed by atoms with E-state index < -0.39 is 11.9 Å². The van der Waals surface area contributed by atoms with E-state index in [-0.39, 0.29) is 5.92 Å². The fourth-order valence-corrected chi connectivity index (χ4v) is 1.70. The first-order valence-electron chi connectivity index (χ1n) is 5.50. The number of rotatable bonds is 4. The maximum atomic E-state index is 11.3. The normalized spacial score (nSPS) is 12.9. The Balaban J connectivity index is 2.31. The van der Waals surface area contributed by atoms with Crippen LogP contribution < -0.4 is 11.1 Å². The molecule has 1 atom stereocenters. The number of carbonyl (C=O) groups excluding carboxylic acids is 1. The highest BCUT2D eigenvalue weighted by atomic mass is 16.5. The number of hydrogen-bond donors (Lipinski definition) is 2. The molecule has 0 aliphatic carbocycles. The topological polar surface area (TPSA) is 81.2 Å². The molecule has 0 radical (unpaired) electrons. The number of amides is 1. The zero-order chi connectivity index (χ0) is 12.4. The van der Waals surface area contributed by atoms with E-state index in [2.05, 4.69) is 10.5 Å². The lowest BCUT2D eigenvalue weighted by Crippen LogP contribution is -2.39. The largest absolute Gasteiger partial charge is 0.368 e. The van der Waals surface area contributed by atoms with Gasteiger partial charge < -0.3 is 15.6 Å². The zero-order valence-electron chi connectivity index (χ0n) is 9.81. The molecule has 0 aliphatic heterocycles. The van der Waals surface area contributed by atoms with Crippen molar-refractivity contribution >= 4 is 22.7 Å². The van der Waals surface area contributed by atoms with Gasteiger partial charge in [-0.1, -0.05) is 31.1 Å². The smallest absolute Gasteiger partial charge is 0.240 e. The monoisotopic (exact) mass is 233 g/mol. The van der Waals surface area contributed by atoms with Gasteiger partial charge in [-0.3, -0.25) is 4.79 Å². The summed E-state index contributed by atoms with van der Waals surface area (Å²) in [6.45, 7) is 3.84. The summed E-state index contributed by atoms with van der Waals surface area (Å²) >= 11 is 0. The van der Waals surface area contributed by atoms with Gasteiger partial charge in [-0.05, 0) is 18.1 Å². The van der Waals surface area contributed by atoms with Crippen LogP contribution in [0.4, 0.5) is 5.82 Å². The van der Waals surface area contributed by atoms with Crippen LogP contribution in [0.15, 0.2) is 28.8 Å². The maximum Gasteiger partial charge on any atom is 0.240 e. The summed E-state index contributed by atoms with van der Waals surface area (Å²) in [5.41, 5.74) is 6.02. The number of hydrogen-bond acceptors (Lipinski definition) is 4. The molecule has 2 rings (SSSR count). The van der Waals surface area contributed by atoms with Crippen LogP contribution in [-0.2, 0) is 4.79 Å². The summed E-state index contributed by atoms with van der Waals surface area (Å²) in [6, 6.07) is 7.00. The highest BCUT2D eigenvalue weighted by Crippen LogP contribution is 2.23. The predicted octanol–water partition coefficient (Wildman–Crippen LogP) is 1.75. The van der Waals surface area contributed by atoms with Gasteiger partial charge in [-0.2, -0.15) is 0 Å². The van der Waals surface area contributed by atoms with Crippen molar-refractivity contribution in [1.29, 1.82) is 0 Å². The van der Waals surface area contributed by atoms with Gasteiger partial charge >= 0.3 is 0 Å². The molecule has 0 saturated carbocycles. The van der Waals surface area contributed by atoms with Crippen molar-refractivity contribution in [1.82, 2.24) is 5.16 Å². The Bertz CT molecular complexity index is 533. The number of anilines is 1. The van der Waals surface area contributed by atoms with Gasteiger partial charge in [0, 0.05) is 0 Å². The Hall–Kier alpha value is -2.04. The lowest BCUT2D eigenvalue weighted by atomic mass is 10.0. The standard InChI is InChI=1S/C12H15N3O2/c1-7(2)10(11(13)16)14-12-8-5-3-4-6-9(8)17-15-12/h3-7,10H,1-2H3,(H2,13,16)(H,14,15). The van der Waals surface area contributed by atoms with Crippen LogP contribution in [0.1, 0.15) is 13.8 Å². The molecule has 17 heavy (non-hydrogen) atoms. The molecule has 0 saturated heterocycles. The Morgan fingerprint density at radius 1 is 1.41 bits per heavy atom. The molecular weight excluding hydrogens is 218 g/mol. The van der Waals surface area contributed by atoms with E-state index in [4.69, 9.17) is 10.3 Å². The summed E-state index contributed by atoms with van der Waals surface area (Å²) in [5.74, 6) is 0.244. The molecule has 0 fully saturated rings. The minimum atomic E-state index is -0.455. The molecule has 1 aromatic carbocycles. The quantitative estimate of drug-likeness (QED) is 0.843. The van der Waals surface area contributed by atoms with E-state index in [9.17, 15) is 4.79 Å². The van der Waals surface area contributed by atoms with Gasteiger partial charge in [-0.25, -0.2) is 0 Å². The number of nitrogens with zero attached hydrogens (tertiary/aromatic N) is 1. The maximum absolute atomic E-state index is 11.3. The third kappa shape index (κ3) is 2.22. The molecule has 90 valence electrons. The molecule has 0 bridgehead atoms. The third-order valence-corrected chi connectivity index (χ3v) is 2.64. The number of nitrogens with one attached hydrogen (secondary N) is 1. The van der Waals surface area contributed by atoms with Gasteiger partial charge in [0.25, 0.3) is 0 Å². The Morgan fingerprint density at radius 2 is 2.12 bits per heavy atom. The third-order valence-electron chi connectivity index (χ3n) is 2.64. The molecule has 0 spiro atoms. The molecule has 5 nitrogen and oxygen atoms in total. The molecule has 1 amide bonds. The van der Waals surface area contributed by atoms with E-state index in [0.29, 0.717) is 11.4 Å². The summed E-state index contributed by atoms with van der Waals surface area (Å²) in [5, 5.41) is 7.77. The van der Waals surface area contributed by atoms with Crippen LogP contribution in [0.3, 0.4) is 0 Å². The van der Waals surface area contributed by atoms with E-state index >= 15 is 0 Å². The van der Waals surface area contributed by atoms with Gasteiger partial charge in [-0.15, -0.1) is 0 Å². The van der Waals surface area contributed by atoms with Crippen molar-refractivity contribution in [3.8, 4) is 0 Å². The van der Waals surface area contributed by atoms with E-state index in [1.54, 1.807) is 0 Å². The molecule has 1 heterocycles. The summed E-state index contributed by atoms with van der Waals surface area (Å²) in [7, 11) is 0. The molecule has 1 aromatic heterocycles. The van der Waals surface area contributed by atoms with Gasteiger partial charge in [0.15, 0.2) is 11.4 Å². The van der Waals surface area contributed by atoms with E-state index in [1.807, 2.05) is 38.1 Å². The highest BCUT2D eigenvalue weighted by molar-refractivity contribution is 5.91. The van der Waals surface area contributed by atoms with Gasteiger partial charge in [0.1, 0.15) is 6.04 Å². The minimum absolute atomic E-state index is 0.0861. The molecule has 2 aromatic rings. The Labute approximate surface area is 99.0 Å². The first kappa shape index (κ1) is 11.4. The molecular formula is C12H15N3O2. The van der Waals surface area contributed by atoms with Crippen molar-refractivity contribution in [2.75, 3.05) is 5.32 Å². The van der Waals surface area contributed by atoms with Crippen LogP contribution in [-0.4, -0.2) is 17.1 Å². The predicted molar refractivity (Wildman–Crippen MR) is 65.5 cm³/mol. The van der Waals surface area contributed by atoms with Crippen LogP contribution in [0.25, 0.3) is 11.0 Å².